The normalized spacial score (nSPS) is 11.2. The zero-order valence-corrected chi connectivity index (χ0v) is 44.1. The standard InChI is InChI=1S/C72H48N8O2/c1-5-15-49(16-6-1)51-25-29-55(30-26-51)69-75-77-71(81-69)57-37-45-63(46-38-57)79(59-19-9-3-10-20-59)61-41-33-53(34-42-61)67-68(74-66-24-14-13-23-65(66)73-67)54-35-43-62(44-36-54)80(60-21-11-4-12-22-60)64-47-39-58(40-48-64)72-78-76-70(82-72)56-31-27-52(28-32-56)50-17-7-2-8-18-50/h1-48H. The molecule has 0 amide bonds. The molecule has 11 aromatic carbocycles. The highest BCUT2D eigenvalue weighted by molar-refractivity contribution is 5.89. The Kier molecular flexibility index (Phi) is 13.0. The average molecular weight is 1060 g/mol. The van der Waals surface area contributed by atoms with Crippen LogP contribution in [0.25, 0.3) is 102 Å². The third-order valence-corrected chi connectivity index (χ3v) is 14.5. The van der Waals surface area contributed by atoms with Crippen LogP contribution in [0.4, 0.5) is 34.1 Å². The summed E-state index contributed by atoms with van der Waals surface area (Å²) < 4.78 is 12.5. The Hall–Kier alpha value is -11.4. The summed E-state index contributed by atoms with van der Waals surface area (Å²) in [5, 5.41) is 17.7. The number of benzene rings is 11. The molecule has 0 aliphatic carbocycles. The quantitative estimate of drug-likeness (QED) is 0.104. The van der Waals surface area contributed by atoms with Gasteiger partial charge in [-0.1, -0.05) is 158 Å². The van der Waals surface area contributed by atoms with Gasteiger partial charge in [0.15, 0.2) is 0 Å². The van der Waals surface area contributed by atoms with Crippen molar-refractivity contribution in [2.24, 2.45) is 0 Å². The predicted octanol–water partition coefficient (Wildman–Crippen LogP) is 18.7. The van der Waals surface area contributed by atoms with Crippen molar-refractivity contribution in [3.63, 3.8) is 0 Å². The van der Waals surface area contributed by atoms with Gasteiger partial charge in [0.2, 0.25) is 23.6 Å². The molecular formula is C72H48N8O2. The lowest BCUT2D eigenvalue weighted by molar-refractivity contribution is 0.584. The minimum Gasteiger partial charge on any atom is -0.416 e. The van der Waals surface area contributed by atoms with Crippen molar-refractivity contribution in [1.29, 1.82) is 0 Å². The monoisotopic (exact) mass is 1060 g/mol. The predicted molar refractivity (Wildman–Crippen MR) is 328 cm³/mol. The summed E-state index contributed by atoms with van der Waals surface area (Å²) in [6.07, 6.45) is 0. The van der Waals surface area contributed by atoms with Gasteiger partial charge < -0.3 is 18.6 Å². The number of anilines is 6. The summed E-state index contributed by atoms with van der Waals surface area (Å²) >= 11 is 0. The fourth-order valence-corrected chi connectivity index (χ4v) is 10.3. The Morgan fingerprint density at radius 1 is 0.195 bits per heavy atom. The van der Waals surface area contributed by atoms with E-state index in [0.29, 0.717) is 23.6 Å². The van der Waals surface area contributed by atoms with Crippen LogP contribution in [-0.4, -0.2) is 30.4 Å². The third-order valence-electron chi connectivity index (χ3n) is 14.5. The Balaban J connectivity index is 0.733. The van der Waals surface area contributed by atoms with Gasteiger partial charge in [-0.15, -0.1) is 20.4 Å². The van der Waals surface area contributed by atoms with Crippen LogP contribution in [0.1, 0.15) is 0 Å². The fourth-order valence-electron chi connectivity index (χ4n) is 10.3. The van der Waals surface area contributed by atoms with E-state index in [-0.39, 0.29) is 0 Å². The van der Waals surface area contributed by atoms with Gasteiger partial charge in [-0.05, 0) is 156 Å². The largest absolute Gasteiger partial charge is 0.416 e. The van der Waals surface area contributed by atoms with Gasteiger partial charge in [-0.25, -0.2) is 9.97 Å². The molecule has 3 heterocycles. The SMILES string of the molecule is c1ccc(-c2ccc(-c3nnc(-c4ccc(N(c5ccccc5)c5ccc(-c6nc7ccccc7nc6-c6ccc(N(c7ccccc7)c7ccc(-c8nnc(-c9ccc(-c%10ccccc%10)cc9)o8)cc7)cc6)cc5)cc4)o3)cc2)cc1. The average Bonchev–Trinajstić information content (AvgIpc) is 4.40. The van der Waals surface area contributed by atoms with E-state index in [1.165, 1.54) is 0 Å². The fraction of sp³-hybridized carbons (Fsp3) is 0. The Morgan fingerprint density at radius 3 is 0.720 bits per heavy atom. The van der Waals surface area contributed by atoms with E-state index in [4.69, 9.17) is 18.8 Å². The van der Waals surface area contributed by atoms with E-state index in [9.17, 15) is 0 Å². The van der Waals surface area contributed by atoms with Gasteiger partial charge in [0.05, 0.1) is 22.4 Å². The van der Waals surface area contributed by atoms with E-state index < -0.39 is 0 Å². The summed E-state index contributed by atoms with van der Waals surface area (Å²) in [5.74, 6) is 1.83. The molecule has 0 aliphatic rings. The zero-order valence-electron chi connectivity index (χ0n) is 44.1. The maximum Gasteiger partial charge on any atom is 0.248 e. The first-order valence-electron chi connectivity index (χ1n) is 27.0. The maximum atomic E-state index is 6.23. The molecule has 0 saturated heterocycles. The summed E-state index contributed by atoms with van der Waals surface area (Å²) in [7, 11) is 0. The van der Waals surface area contributed by atoms with Crippen LogP contribution >= 0.6 is 0 Å². The van der Waals surface area contributed by atoms with Crippen molar-refractivity contribution >= 4 is 45.2 Å². The molecule has 0 atom stereocenters. The lowest BCUT2D eigenvalue weighted by atomic mass is 10.0. The molecule has 388 valence electrons. The first-order valence-corrected chi connectivity index (χ1v) is 27.0. The molecule has 0 radical (unpaired) electrons. The third kappa shape index (κ3) is 9.95. The minimum atomic E-state index is 0.448. The molecular weight excluding hydrogens is 1010 g/mol. The van der Waals surface area contributed by atoms with Crippen LogP contribution in [-0.2, 0) is 0 Å². The van der Waals surface area contributed by atoms with Crippen molar-refractivity contribution in [3.05, 3.63) is 291 Å². The molecule has 14 aromatic rings. The molecule has 3 aromatic heterocycles. The lowest BCUT2D eigenvalue weighted by Crippen LogP contribution is -2.10. The lowest BCUT2D eigenvalue weighted by Gasteiger charge is -2.26. The van der Waals surface area contributed by atoms with Crippen molar-refractivity contribution in [3.8, 4) is 90.6 Å². The summed E-state index contributed by atoms with van der Waals surface area (Å²) in [4.78, 5) is 15.0. The molecule has 0 saturated carbocycles. The first-order chi connectivity index (χ1) is 40.6. The second kappa shape index (κ2) is 21.8. The van der Waals surface area contributed by atoms with Crippen LogP contribution in [0.3, 0.4) is 0 Å². The summed E-state index contributed by atoms with van der Waals surface area (Å²) in [6.45, 7) is 0. The van der Waals surface area contributed by atoms with Gasteiger partial charge in [-0.2, -0.15) is 0 Å². The molecule has 82 heavy (non-hydrogen) atoms. The van der Waals surface area contributed by atoms with Crippen LogP contribution in [0, 0.1) is 0 Å². The number of hydrogen-bond acceptors (Lipinski definition) is 10. The Morgan fingerprint density at radius 2 is 0.415 bits per heavy atom. The van der Waals surface area contributed by atoms with Gasteiger partial charge in [-0.3, -0.25) is 0 Å². The number of nitrogens with zero attached hydrogens (tertiary/aromatic N) is 8. The molecule has 0 unspecified atom stereocenters. The molecule has 0 bridgehead atoms. The van der Waals surface area contributed by atoms with Gasteiger partial charge in [0.1, 0.15) is 0 Å². The van der Waals surface area contributed by atoms with Crippen LogP contribution in [0.2, 0.25) is 0 Å². The topological polar surface area (TPSA) is 110 Å². The Bertz CT molecular complexity index is 4150. The zero-order chi connectivity index (χ0) is 54.6. The molecule has 0 spiro atoms. The summed E-state index contributed by atoms with van der Waals surface area (Å²) in [6, 6.07) is 99.1. The van der Waals surface area contributed by atoms with Crippen molar-refractivity contribution in [2.75, 3.05) is 9.80 Å². The highest BCUT2D eigenvalue weighted by atomic mass is 16.4. The van der Waals surface area contributed by atoms with Crippen LogP contribution in [0.5, 0.6) is 0 Å². The van der Waals surface area contributed by atoms with Gasteiger partial charge in [0.25, 0.3) is 0 Å². The molecule has 0 N–H and O–H groups in total. The number of rotatable bonds is 14. The molecule has 10 heteroatoms. The second-order valence-corrected chi connectivity index (χ2v) is 19.7. The number of para-hydroxylation sites is 4. The second-order valence-electron chi connectivity index (χ2n) is 19.7. The minimum absolute atomic E-state index is 0.448. The smallest absolute Gasteiger partial charge is 0.248 e. The Labute approximate surface area is 473 Å². The van der Waals surface area contributed by atoms with Crippen molar-refractivity contribution in [2.45, 2.75) is 0 Å². The highest BCUT2D eigenvalue weighted by Gasteiger charge is 2.20. The van der Waals surface area contributed by atoms with E-state index >= 15 is 0 Å². The van der Waals surface area contributed by atoms with Crippen molar-refractivity contribution < 1.29 is 8.83 Å². The maximum absolute atomic E-state index is 6.23. The molecule has 0 fully saturated rings. The van der Waals surface area contributed by atoms with E-state index in [2.05, 4.69) is 200 Å². The van der Waals surface area contributed by atoms with E-state index in [0.717, 1.165) is 112 Å². The van der Waals surface area contributed by atoms with Crippen molar-refractivity contribution in [1.82, 2.24) is 30.4 Å². The van der Waals surface area contributed by atoms with Gasteiger partial charge in [0, 0.05) is 67.5 Å². The molecule has 0 aliphatic heterocycles. The highest BCUT2D eigenvalue weighted by Crippen LogP contribution is 2.41. The molecule has 10 nitrogen and oxygen atoms in total. The van der Waals surface area contributed by atoms with Crippen LogP contribution in [0.15, 0.2) is 300 Å². The number of hydrogen-bond donors (Lipinski definition) is 0. The first kappa shape index (κ1) is 49.0. The van der Waals surface area contributed by atoms with E-state index in [1.54, 1.807) is 0 Å². The number of fused-ring (bicyclic) bond motifs is 1. The van der Waals surface area contributed by atoms with Gasteiger partial charge >= 0.3 is 0 Å². The molecule has 14 rings (SSSR count). The van der Waals surface area contributed by atoms with Crippen LogP contribution < -0.4 is 9.80 Å². The summed E-state index contributed by atoms with van der Waals surface area (Å²) in [5.41, 5.74) is 18.9. The number of aromatic nitrogens is 6. The van der Waals surface area contributed by atoms with E-state index in [1.807, 2.05) is 121 Å².